The number of hydrogen-bond donors (Lipinski definition) is 1. The van der Waals surface area contributed by atoms with E-state index in [-0.39, 0.29) is 18.2 Å². The van der Waals surface area contributed by atoms with Crippen LogP contribution in [-0.4, -0.2) is 49.9 Å². The minimum Gasteiger partial charge on any atom is -0.340 e. The molecule has 0 spiro atoms. The van der Waals surface area contributed by atoms with Crippen molar-refractivity contribution in [2.24, 2.45) is 0 Å². The highest BCUT2D eigenvalue weighted by Crippen LogP contribution is 2.45. The number of rotatable bonds is 4. The monoisotopic (exact) mass is 363 g/mol. The minimum absolute atomic E-state index is 0.0102. The van der Waals surface area contributed by atoms with Crippen LogP contribution >= 0.6 is 0 Å². The summed E-state index contributed by atoms with van der Waals surface area (Å²) in [6, 6.07) is 17.9. The summed E-state index contributed by atoms with van der Waals surface area (Å²) in [5, 5.41) is 3.27. The van der Waals surface area contributed by atoms with Gasteiger partial charge in [0, 0.05) is 45.3 Å². The van der Waals surface area contributed by atoms with Crippen LogP contribution in [0.1, 0.15) is 17.5 Å². The van der Waals surface area contributed by atoms with E-state index in [2.05, 4.69) is 5.32 Å². The Kier molecular flexibility index (Phi) is 4.70. The van der Waals surface area contributed by atoms with Gasteiger partial charge < -0.3 is 15.1 Å². The van der Waals surface area contributed by atoms with Crippen LogP contribution in [0.2, 0.25) is 0 Å². The maximum absolute atomic E-state index is 13.4. The maximum Gasteiger partial charge on any atom is 0.238 e. The molecule has 2 aromatic rings. The minimum atomic E-state index is -0.839. The number of benzene rings is 2. The van der Waals surface area contributed by atoms with Crippen LogP contribution in [0.4, 0.5) is 5.69 Å². The SMILES string of the molecule is CN1C(=O)[C@@](CC(=O)N2CCNCC2)(Cc2ccccc2)c2ccccc21. The number of likely N-dealkylation sites (N-methyl/N-ethyl adjacent to an activating group) is 1. The van der Waals surface area contributed by atoms with E-state index in [0.717, 1.165) is 29.9 Å². The Bertz CT molecular complexity index is 846. The fourth-order valence-corrected chi connectivity index (χ4v) is 4.35. The first kappa shape index (κ1) is 17.7. The van der Waals surface area contributed by atoms with Crippen molar-refractivity contribution < 1.29 is 9.59 Å². The Morgan fingerprint density at radius 3 is 2.44 bits per heavy atom. The first-order valence-electron chi connectivity index (χ1n) is 9.52. The summed E-state index contributed by atoms with van der Waals surface area (Å²) in [6.45, 7) is 3.02. The summed E-state index contributed by atoms with van der Waals surface area (Å²) in [5.74, 6) is 0.0712. The molecule has 0 bridgehead atoms. The highest BCUT2D eigenvalue weighted by atomic mass is 16.2. The standard InChI is InChI=1S/C22H25N3O2/c1-24-19-10-6-5-9-18(19)22(21(24)27,15-17-7-3-2-4-8-17)16-20(26)25-13-11-23-12-14-25/h2-10,23H,11-16H2,1H3/t22-/m1/s1. The molecule has 1 fully saturated rings. The van der Waals surface area contributed by atoms with Crippen molar-refractivity contribution in [1.82, 2.24) is 10.2 Å². The molecule has 2 aromatic carbocycles. The Morgan fingerprint density at radius 2 is 1.70 bits per heavy atom. The molecule has 4 rings (SSSR count). The number of carbonyl (C=O) groups excluding carboxylic acids is 2. The highest BCUT2D eigenvalue weighted by Gasteiger charge is 2.51. The normalized spacial score (nSPS) is 22.0. The Labute approximate surface area is 160 Å². The Balaban J connectivity index is 1.74. The zero-order valence-corrected chi connectivity index (χ0v) is 15.6. The highest BCUT2D eigenvalue weighted by molar-refractivity contribution is 6.09. The van der Waals surface area contributed by atoms with Crippen LogP contribution in [0.25, 0.3) is 0 Å². The van der Waals surface area contributed by atoms with Gasteiger partial charge in [0.1, 0.15) is 0 Å². The largest absolute Gasteiger partial charge is 0.340 e. The topological polar surface area (TPSA) is 52.7 Å². The van der Waals surface area contributed by atoms with Gasteiger partial charge in [-0.2, -0.15) is 0 Å². The van der Waals surface area contributed by atoms with E-state index in [1.165, 1.54) is 0 Å². The summed E-state index contributed by atoms with van der Waals surface area (Å²) in [6.07, 6.45) is 0.744. The van der Waals surface area contributed by atoms with E-state index in [9.17, 15) is 9.59 Å². The van der Waals surface area contributed by atoms with Crippen LogP contribution < -0.4 is 10.2 Å². The second-order valence-electron chi connectivity index (χ2n) is 7.43. The van der Waals surface area contributed by atoms with E-state index >= 15 is 0 Å². The molecular weight excluding hydrogens is 338 g/mol. The van der Waals surface area contributed by atoms with Crippen LogP contribution in [-0.2, 0) is 21.4 Å². The molecular formula is C22H25N3O2. The molecule has 0 unspecified atom stereocenters. The maximum atomic E-state index is 13.4. The third-order valence-corrected chi connectivity index (χ3v) is 5.77. The summed E-state index contributed by atoms with van der Waals surface area (Å²) in [5.41, 5.74) is 2.11. The number of anilines is 1. The molecule has 2 amide bonds. The van der Waals surface area contributed by atoms with Crippen LogP contribution in [0.15, 0.2) is 54.6 Å². The van der Waals surface area contributed by atoms with Gasteiger partial charge in [0.05, 0.1) is 5.41 Å². The van der Waals surface area contributed by atoms with Gasteiger partial charge in [0.2, 0.25) is 11.8 Å². The average molecular weight is 363 g/mol. The molecule has 27 heavy (non-hydrogen) atoms. The molecule has 0 radical (unpaired) electrons. The van der Waals surface area contributed by atoms with Gasteiger partial charge in [-0.3, -0.25) is 9.59 Å². The first-order chi connectivity index (χ1) is 13.1. The fraction of sp³-hybridized carbons (Fsp3) is 0.364. The van der Waals surface area contributed by atoms with Crippen LogP contribution in [0.3, 0.4) is 0 Å². The van der Waals surface area contributed by atoms with E-state index in [0.29, 0.717) is 19.5 Å². The van der Waals surface area contributed by atoms with Crippen LogP contribution in [0, 0.1) is 0 Å². The van der Waals surface area contributed by atoms with E-state index < -0.39 is 5.41 Å². The number of amides is 2. The van der Waals surface area contributed by atoms with Gasteiger partial charge in [0.15, 0.2) is 0 Å². The first-order valence-corrected chi connectivity index (χ1v) is 9.52. The van der Waals surface area contributed by atoms with Gasteiger partial charge in [-0.05, 0) is 23.6 Å². The van der Waals surface area contributed by atoms with Crippen molar-refractivity contribution in [2.75, 3.05) is 38.1 Å². The number of nitrogens with zero attached hydrogens (tertiary/aromatic N) is 2. The summed E-state index contributed by atoms with van der Waals surface area (Å²) in [7, 11) is 1.81. The van der Waals surface area contributed by atoms with Crippen molar-refractivity contribution >= 4 is 17.5 Å². The number of piperazine rings is 1. The quantitative estimate of drug-likeness (QED) is 0.904. The van der Waals surface area contributed by atoms with Gasteiger partial charge in [-0.1, -0.05) is 48.5 Å². The zero-order valence-electron chi connectivity index (χ0n) is 15.6. The zero-order chi connectivity index (χ0) is 18.9. The van der Waals surface area contributed by atoms with Gasteiger partial charge in [-0.25, -0.2) is 0 Å². The predicted molar refractivity (Wildman–Crippen MR) is 106 cm³/mol. The molecule has 140 valence electrons. The number of nitrogens with one attached hydrogen (secondary N) is 1. The number of carbonyl (C=O) groups is 2. The smallest absolute Gasteiger partial charge is 0.238 e. The second-order valence-corrected chi connectivity index (χ2v) is 7.43. The van der Waals surface area contributed by atoms with Gasteiger partial charge in [-0.15, -0.1) is 0 Å². The van der Waals surface area contributed by atoms with Gasteiger partial charge >= 0.3 is 0 Å². The van der Waals surface area contributed by atoms with Crippen molar-refractivity contribution in [3.8, 4) is 0 Å². The van der Waals surface area contributed by atoms with E-state index in [1.54, 1.807) is 4.90 Å². The van der Waals surface area contributed by atoms with Gasteiger partial charge in [0.25, 0.3) is 0 Å². The molecule has 0 aromatic heterocycles. The molecule has 1 atom stereocenters. The lowest BCUT2D eigenvalue weighted by Crippen LogP contribution is -2.50. The third kappa shape index (κ3) is 3.12. The Hall–Kier alpha value is -2.66. The molecule has 0 saturated carbocycles. The molecule has 2 heterocycles. The number of hydrogen-bond acceptors (Lipinski definition) is 3. The number of fused-ring (bicyclic) bond motifs is 1. The summed E-state index contributed by atoms with van der Waals surface area (Å²) >= 11 is 0. The lowest BCUT2D eigenvalue weighted by molar-refractivity contribution is -0.136. The number of para-hydroxylation sites is 1. The lowest BCUT2D eigenvalue weighted by Gasteiger charge is -2.33. The summed E-state index contributed by atoms with van der Waals surface area (Å²) in [4.78, 5) is 30.2. The second kappa shape index (κ2) is 7.16. The van der Waals surface area contributed by atoms with Crippen molar-refractivity contribution in [2.45, 2.75) is 18.3 Å². The average Bonchev–Trinajstić information content (AvgIpc) is 2.92. The fourth-order valence-electron chi connectivity index (χ4n) is 4.35. The predicted octanol–water partition coefficient (Wildman–Crippen LogP) is 1.97. The molecule has 1 N–H and O–H groups in total. The molecule has 0 aliphatic carbocycles. The molecule has 5 nitrogen and oxygen atoms in total. The summed E-state index contributed by atoms with van der Waals surface area (Å²) < 4.78 is 0. The van der Waals surface area contributed by atoms with E-state index in [1.807, 2.05) is 66.5 Å². The van der Waals surface area contributed by atoms with Crippen LogP contribution in [0.5, 0.6) is 0 Å². The molecule has 1 saturated heterocycles. The molecule has 5 heteroatoms. The molecule has 2 aliphatic rings. The van der Waals surface area contributed by atoms with E-state index in [4.69, 9.17) is 0 Å². The van der Waals surface area contributed by atoms with Crippen molar-refractivity contribution in [1.29, 1.82) is 0 Å². The lowest BCUT2D eigenvalue weighted by atomic mass is 9.73. The van der Waals surface area contributed by atoms with Crippen molar-refractivity contribution in [3.05, 3.63) is 65.7 Å². The van der Waals surface area contributed by atoms with Crippen molar-refractivity contribution in [3.63, 3.8) is 0 Å². The third-order valence-electron chi connectivity index (χ3n) is 5.77. The Morgan fingerprint density at radius 1 is 1.04 bits per heavy atom. The molecule has 2 aliphatic heterocycles.